The fourth-order valence-corrected chi connectivity index (χ4v) is 1.79. The molecule has 2 rings (SSSR count). The molecule has 0 bridgehead atoms. The Bertz CT molecular complexity index is 792. The fraction of sp³-hybridized carbons (Fsp3) is 0.111. The van der Waals surface area contributed by atoms with Crippen LogP contribution in [-0.2, 0) is 6.18 Å². The lowest BCUT2D eigenvalue weighted by atomic mass is 10.1. The van der Waals surface area contributed by atoms with Gasteiger partial charge < -0.3 is 9.97 Å². The average Bonchev–Trinajstić information content (AvgIpc) is 2.28. The number of nitrogens with one attached hydrogen (secondary N) is 2. The molecule has 4 nitrogen and oxygen atoms in total. The second-order valence-electron chi connectivity index (χ2n) is 3.47. The van der Waals surface area contributed by atoms with Gasteiger partial charge in [0.15, 0.2) is 11.6 Å². The maximum Gasteiger partial charge on any atom is 0.420 e. The Kier molecular flexibility index (Phi) is 2.89. The van der Waals surface area contributed by atoms with Crippen molar-refractivity contribution in [3.05, 3.63) is 42.9 Å². The number of H-pyrrole nitrogens is 2. The molecule has 1 heterocycles. The molecule has 0 aliphatic heterocycles. The van der Waals surface area contributed by atoms with Gasteiger partial charge in [0.25, 0.3) is 0 Å². The SMILES string of the molecule is O=c1[nH]c2c(F)c(F)c(Cl)c(C(F)(F)F)c2[nH]c1=O. The lowest BCUT2D eigenvalue weighted by Gasteiger charge is -2.13. The molecule has 0 atom stereocenters. The van der Waals surface area contributed by atoms with Gasteiger partial charge in [0.1, 0.15) is 11.1 Å². The highest BCUT2D eigenvalue weighted by atomic mass is 35.5. The first-order chi connectivity index (χ1) is 8.64. The molecule has 10 heteroatoms. The highest BCUT2D eigenvalue weighted by Crippen LogP contribution is 2.40. The highest BCUT2D eigenvalue weighted by Gasteiger charge is 2.39. The molecule has 0 saturated heterocycles. The van der Waals surface area contributed by atoms with Crippen LogP contribution in [-0.4, -0.2) is 9.97 Å². The molecule has 0 aliphatic rings. The number of hydrogen-bond acceptors (Lipinski definition) is 2. The molecule has 0 radical (unpaired) electrons. The Balaban J connectivity index is 3.16. The predicted octanol–water partition coefficient (Wildman–Crippen LogP) is 2.17. The zero-order chi connectivity index (χ0) is 14.5. The largest absolute Gasteiger partial charge is 0.420 e. The summed E-state index contributed by atoms with van der Waals surface area (Å²) in [7, 11) is 0. The van der Waals surface area contributed by atoms with E-state index in [2.05, 4.69) is 0 Å². The van der Waals surface area contributed by atoms with E-state index in [1.807, 2.05) is 0 Å². The molecule has 0 amide bonds. The van der Waals surface area contributed by atoms with Gasteiger partial charge in [-0.1, -0.05) is 11.6 Å². The van der Waals surface area contributed by atoms with Crippen molar-refractivity contribution >= 4 is 22.6 Å². The smallest absolute Gasteiger partial charge is 0.315 e. The summed E-state index contributed by atoms with van der Waals surface area (Å²) in [5, 5.41) is -1.53. The second-order valence-corrected chi connectivity index (χ2v) is 3.85. The summed E-state index contributed by atoms with van der Waals surface area (Å²) in [6, 6.07) is 0. The van der Waals surface area contributed by atoms with Crippen LogP contribution in [0.1, 0.15) is 5.56 Å². The molecule has 0 saturated carbocycles. The molecule has 102 valence electrons. The number of benzene rings is 1. The Morgan fingerprint density at radius 1 is 0.895 bits per heavy atom. The van der Waals surface area contributed by atoms with Gasteiger partial charge in [-0.15, -0.1) is 0 Å². The molecule has 2 aromatic rings. The van der Waals surface area contributed by atoms with Gasteiger partial charge in [-0.2, -0.15) is 13.2 Å². The van der Waals surface area contributed by atoms with Crippen LogP contribution in [0.25, 0.3) is 11.0 Å². The van der Waals surface area contributed by atoms with Gasteiger partial charge in [0, 0.05) is 0 Å². The van der Waals surface area contributed by atoms with Crippen molar-refractivity contribution in [2.24, 2.45) is 0 Å². The molecule has 0 unspecified atom stereocenters. The van der Waals surface area contributed by atoms with Gasteiger partial charge in [0.05, 0.1) is 10.5 Å². The van der Waals surface area contributed by atoms with Crippen molar-refractivity contribution < 1.29 is 22.0 Å². The first kappa shape index (κ1) is 13.5. The van der Waals surface area contributed by atoms with Crippen LogP contribution in [0.4, 0.5) is 22.0 Å². The Labute approximate surface area is 104 Å². The number of hydrogen-bond donors (Lipinski definition) is 2. The highest BCUT2D eigenvalue weighted by molar-refractivity contribution is 6.32. The number of aromatic nitrogens is 2. The maximum atomic E-state index is 13.4. The number of alkyl halides is 3. The Hall–Kier alpha value is -1.90. The quantitative estimate of drug-likeness (QED) is 0.445. The number of aromatic amines is 2. The lowest BCUT2D eigenvalue weighted by Crippen LogP contribution is -2.30. The molecular weight excluding hydrogens is 299 g/mol. The van der Waals surface area contributed by atoms with Crippen LogP contribution in [0.2, 0.25) is 5.02 Å². The molecule has 1 aromatic heterocycles. The third-order valence-electron chi connectivity index (χ3n) is 2.29. The van der Waals surface area contributed by atoms with Gasteiger partial charge >= 0.3 is 17.3 Å². The molecule has 2 N–H and O–H groups in total. The van der Waals surface area contributed by atoms with Crippen molar-refractivity contribution in [2.45, 2.75) is 6.18 Å². The van der Waals surface area contributed by atoms with Crippen LogP contribution in [0.5, 0.6) is 0 Å². The number of halogens is 6. The van der Waals surface area contributed by atoms with Crippen molar-refractivity contribution in [1.29, 1.82) is 0 Å². The summed E-state index contributed by atoms with van der Waals surface area (Å²) in [5.41, 5.74) is -6.86. The zero-order valence-corrected chi connectivity index (χ0v) is 9.34. The van der Waals surface area contributed by atoms with Crippen molar-refractivity contribution in [3.63, 3.8) is 0 Å². The second kappa shape index (κ2) is 4.05. The maximum absolute atomic E-state index is 13.4. The van der Waals surface area contributed by atoms with Crippen LogP contribution < -0.4 is 11.1 Å². The third kappa shape index (κ3) is 1.99. The number of fused-ring (bicyclic) bond motifs is 1. The molecule has 0 aliphatic carbocycles. The van der Waals surface area contributed by atoms with E-state index in [0.29, 0.717) is 0 Å². The minimum atomic E-state index is -5.15. The first-order valence-electron chi connectivity index (χ1n) is 4.54. The van der Waals surface area contributed by atoms with Crippen LogP contribution >= 0.6 is 11.6 Å². The number of rotatable bonds is 0. The molecule has 0 fully saturated rings. The molecular formula is C9H2ClF5N2O2. The van der Waals surface area contributed by atoms with E-state index in [-0.39, 0.29) is 0 Å². The zero-order valence-electron chi connectivity index (χ0n) is 8.58. The van der Waals surface area contributed by atoms with Crippen molar-refractivity contribution in [3.8, 4) is 0 Å². The average molecular weight is 301 g/mol. The fourth-order valence-electron chi connectivity index (χ4n) is 1.51. The summed E-state index contributed by atoms with van der Waals surface area (Å²) in [5.74, 6) is -3.76. The van der Waals surface area contributed by atoms with E-state index in [1.165, 1.54) is 9.97 Å². The van der Waals surface area contributed by atoms with E-state index in [1.54, 1.807) is 0 Å². The van der Waals surface area contributed by atoms with E-state index in [4.69, 9.17) is 11.6 Å². The lowest BCUT2D eigenvalue weighted by molar-refractivity contribution is -0.136. The minimum absolute atomic E-state index is 1.11. The Morgan fingerprint density at radius 2 is 1.37 bits per heavy atom. The standard InChI is InChI=1S/C9H2ClF5N2O2/c10-2-1(9(13,14)15)5-6(4(12)3(2)11)17-8(19)7(18)16-5/h(H,16,18)(H,17,19). The summed E-state index contributed by atoms with van der Waals surface area (Å²) in [6.45, 7) is 0. The van der Waals surface area contributed by atoms with Crippen LogP contribution in [0.3, 0.4) is 0 Å². The van der Waals surface area contributed by atoms with Gasteiger partial charge in [-0.3, -0.25) is 9.59 Å². The van der Waals surface area contributed by atoms with E-state index in [9.17, 15) is 31.5 Å². The van der Waals surface area contributed by atoms with Gasteiger partial charge in [-0.25, -0.2) is 8.78 Å². The molecule has 1 aromatic carbocycles. The summed E-state index contributed by atoms with van der Waals surface area (Å²) in [6.07, 6.45) is -5.15. The summed E-state index contributed by atoms with van der Waals surface area (Å²) >= 11 is 5.11. The van der Waals surface area contributed by atoms with Crippen molar-refractivity contribution in [2.75, 3.05) is 0 Å². The van der Waals surface area contributed by atoms with Gasteiger partial charge in [-0.05, 0) is 0 Å². The minimum Gasteiger partial charge on any atom is -0.315 e. The predicted molar refractivity (Wildman–Crippen MR) is 55.1 cm³/mol. The van der Waals surface area contributed by atoms with Crippen LogP contribution in [0, 0.1) is 11.6 Å². The van der Waals surface area contributed by atoms with E-state index in [0.717, 1.165) is 0 Å². The topological polar surface area (TPSA) is 65.7 Å². The third-order valence-corrected chi connectivity index (χ3v) is 2.65. The molecule has 0 spiro atoms. The Morgan fingerprint density at radius 3 is 1.84 bits per heavy atom. The van der Waals surface area contributed by atoms with E-state index < -0.39 is 50.5 Å². The monoisotopic (exact) mass is 300 g/mol. The summed E-state index contributed by atoms with van der Waals surface area (Å²) in [4.78, 5) is 25.0. The first-order valence-corrected chi connectivity index (χ1v) is 4.92. The molecule has 19 heavy (non-hydrogen) atoms. The van der Waals surface area contributed by atoms with Crippen LogP contribution in [0.15, 0.2) is 9.59 Å². The normalized spacial score (nSPS) is 12.1. The van der Waals surface area contributed by atoms with Crippen molar-refractivity contribution in [1.82, 2.24) is 9.97 Å². The van der Waals surface area contributed by atoms with E-state index >= 15 is 0 Å². The summed E-state index contributed by atoms with van der Waals surface area (Å²) < 4.78 is 64.9. The van der Waals surface area contributed by atoms with Gasteiger partial charge in [0.2, 0.25) is 0 Å².